The summed E-state index contributed by atoms with van der Waals surface area (Å²) in [5.41, 5.74) is -0.418. The number of hydrogen-bond acceptors (Lipinski definition) is 3. The number of carbonyl (C=O) groups excluding carboxylic acids is 1. The number of hydrogen-bond donors (Lipinski definition) is 1. The zero-order chi connectivity index (χ0) is 16.2. The van der Waals surface area contributed by atoms with Gasteiger partial charge in [-0.2, -0.15) is 0 Å². The Labute approximate surface area is 136 Å². The Morgan fingerprint density at radius 1 is 1.18 bits per heavy atom. The van der Waals surface area contributed by atoms with Crippen LogP contribution in [0.1, 0.15) is 66.2 Å². The first kappa shape index (κ1) is 17.6. The molecule has 4 nitrogen and oxygen atoms in total. The highest BCUT2D eigenvalue weighted by atomic mass is 16.6. The Balaban J connectivity index is 1.68. The van der Waals surface area contributed by atoms with E-state index in [1.54, 1.807) is 4.90 Å². The molecule has 2 unspecified atom stereocenters. The fourth-order valence-corrected chi connectivity index (χ4v) is 3.52. The average Bonchev–Trinajstić information content (AvgIpc) is 3.26. The third-order valence-electron chi connectivity index (χ3n) is 4.85. The van der Waals surface area contributed by atoms with Crippen LogP contribution in [0.15, 0.2) is 0 Å². The number of amides is 1. The van der Waals surface area contributed by atoms with Gasteiger partial charge in [0.15, 0.2) is 0 Å². The smallest absolute Gasteiger partial charge is 0.410 e. The average molecular weight is 310 g/mol. The number of nitrogens with zero attached hydrogens (tertiary/aromatic N) is 1. The Bertz CT molecular complexity index is 361. The maximum Gasteiger partial charge on any atom is 0.410 e. The van der Waals surface area contributed by atoms with Crippen LogP contribution in [0.4, 0.5) is 4.79 Å². The lowest BCUT2D eigenvalue weighted by Gasteiger charge is -2.31. The molecule has 22 heavy (non-hydrogen) atoms. The molecule has 0 bridgehead atoms. The van der Waals surface area contributed by atoms with Gasteiger partial charge in [0, 0.05) is 25.7 Å². The molecule has 0 heterocycles. The number of likely N-dealkylation sites (N-methyl/N-ethyl adjacent to an activating group) is 1. The van der Waals surface area contributed by atoms with Crippen molar-refractivity contribution < 1.29 is 9.53 Å². The summed E-state index contributed by atoms with van der Waals surface area (Å²) in [5, 5.41) is 3.67. The van der Waals surface area contributed by atoms with E-state index in [2.05, 4.69) is 5.32 Å². The van der Waals surface area contributed by atoms with E-state index in [9.17, 15) is 4.79 Å². The molecular weight excluding hydrogens is 276 g/mol. The maximum absolute atomic E-state index is 12.1. The van der Waals surface area contributed by atoms with Gasteiger partial charge in [0.25, 0.3) is 0 Å². The maximum atomic E-state index is 12.1. The summed E-state index contributed by atoms with van der Waals surface area (Å²) in [6.45, 7) is 10.1. The molecule has 1 amide bonds. The highest BCUT2D eigenvalue weighted by molar-refractivity contribution is 5.68. The van der Waals surface area contributed by atoms with Crippen LogP contribution in [0.5, 0.6) is 0 Å². The van der Waals surface area contributed by atoms with E-state index in [1.807, 2.05) is 27.7 Å². The summed E-state index contributed by atoms with van der Waals surface area (Å²) in [5.74, 6) is 1.98. The van der Waals surface area contributed by atoms with Crippen LogP contribution in [0.25, 0.3) is 0 Å². The van der Waals surface area contributed by atoms with Crippen molar-refractivity contribution >= 4 is 6.09 Å². The number of rotatable bonds is 6. The van der Waals surface area contributed by atoms with Crippen molar-refractivity contribution in [2.24, 2.45) is 11.8 Å². The molecule has 2 fully saturated rings. The Hall–Kier alpha value is -0.770. The zero-order valence-electron chi connectivity index (χ0n) is 14.9. The highest BCUT2D eigenvalue weighted by Gasteiger charge is 2.34. The van der Waals surface area contributed by atoms with Crippen LogP contribution in [0.3, 0.4) is 0 Å². The van der Waals surface area contributed by atoms with E-state index in [1.165, 1.54) is 38.5 Å². The van der Waals surface area contributed by atoms with Crippen LogP contribution in [0, 0.1) is 11.8 Å². The van der Waals surface area contributed by atoms with Crippen LogP contribution in [-0.4, -0.2) is 42.3 Å². The molecule has 2 aliphatic carbocycles. The fourth-order valence-electron chi connectivity index (χ4n) is 3.52. The number of ether oxygens (including phenoxy) is 1. The monoisotopic (exact) mass is 310 g/mol. The van der Waals surface area contributed by atoms with Crippen molar-refractivity contribution in [1.29, 1.82) is 0 Å². The van der Waals surface area contributed by atoms with E-state index >= 15 is 0 Å². The molecule has 4 heteroatoms. The lowest BCUT2D eigenvalue weighted by Crippen LogP contribution is -2.43. The summed E-state index contributed by atoms with van der Waals surface area (Å²) in [4.78, 5) is 13.9. The summed E-state index contributed by atoms with van der Waals surface area (Å²) in [6, 6.07) is 0.650. The molecule has 0 radical (unpaired) electrons. The SMILES string of the molecule is CCN(CCNC1CCCC(C2CC2)C1)C(=O)OC(C)(C)C. The van der Waals surface area contributed by atoms with Gasteiger partial charge in [-0.1, -0.05) is 12.8 Å². The molecule has 2 rings (SSSR count). The zero-order valence-corrected chi connectivity index (χ0v) is 14.9. The largest absolute Gasteiger partial charge is 0.444 e. The third kappa shape index (κ3) is 5.79. The molecule has 0 saturated heterocycles. The molecule has 0 aromatic carbocycles. The van der Waals surface area contributed by atoms with Gasteiger partial charge >= 0.3 is 6.09 Å². The lowest BCUT2D eigenvalue weighted by atomic mass is 9.83. The van der Waals surface area contributed by atoms with Crippen LogP contribution >= 0.6 is 0 Å². The van der Waals surface area contributed by atoms with E-state index in [-0.39, 0.29) is 6.09 Å². The predicted octanol–water partition coefficient (Wildman–Crippen LogP) is 3.80. The van der Waals surface area contributed by atoms with Gasteiger partial charge < -0.3 is 15.0 Å². The highest BCUT2D eigenvalue weighted by Crippen LogP contribution is 2.43. The van der Waals surface area contributed by atoms with Crippen molar-refractivity contribution in [2.75, 3.05) is 19.6 Å². The van der Waals surface area contributed by atoms with Crippen LogP contribution < -0.4 is 5.32 Å². The molecule has 0 aliphatic heterocycles. The van der Waals surface area contributed by atoms with Crippen molar-refractivity contribution in [1.82, 2.24) is 10.2 Å². The van der Waals surface area contributed by atoms with E-state index < -0.39 is 5.60 Å². The van der Waals surface area contributed by atoms with E-state index in [0.29, 0.717) is 12.6 Å². The molecule has 0 spiro atoms. The summed E-state index contributed by atoms with van der Waals surface area (Å²) in [6.07, 6.45) is 8.14. The van der Waals surface area contributed by atoms with Gasteiger partial charge in [-0.05, 0) is 65.2 Å². The first-order chi connectivity index (χ1) is 10.4. The van der Waals surface area contributed by atoms with Gasteiger partial charge in [-0.15, -0.1) is 0 Å². The minimum atomic E-state index is -0.418. The summed E-state index contributed by atoms with van der Waals surface area (Å²) in [7, 11) is 0. The number of nitrogens with one attached hydrogen (secondary N) is 1. The second-order valence-corrected chi connectivity index (χ2v) is 7.98. The van der Waals surface area contributed by atoms with E-state index in [0.717, 1.165) is 24.9 Å². The van der Waals surface area contributed by atoms with Crippen molar-refractivity contribution in [3.63, 3.8) is 0 Å². The number of carbonyl (C=O) groups is 1. The Morgan fingerprint density at radius 3 is 2.50 bits per heavy atom. The quantitative estimate of drug-likeness (QED) is 0.811. The first-order valence-electron chi connectivity index (χ1n) is 9.10. The molecule has 2 atom stereocenters. The Kier molecular flexibility index (Phi) is 6.13. The van der Waals surface area contributed by atoms with Crippen molar-refractivity contribution in [3.8, 4) is 0 Å². The van der Waals surface area contributed by atoms with Gasteiger partial charge in [-0.25, -0.2) is 4.79 Å². The minimum Gasteiger partial charge on any atom is -0.444 e. The minimum absolute atomic E-state index is 0.198. The van der Waals surface area contributed by atoms with E-state index in [4.69, 9.17) is 4.74 Å². The summed E-state index contributed by atoms with van der Waals surface area (Å²) >= 11 is 0. The fraction of sp³-hybridized carbons (Fsp3) is 0.944. The second kappa shape index (κ2) is 7.67. The van der Waals surface area contributed by atoms with Gasteiger partial charge in [-0.3, -0.25) is 0 Å². The van der Waals surface area contributed by atoms with Crippen LogP contribution in [0.2, 0.25) is 0 Å². The molecule has 2 saturated carbocycles. The third-order valence-corrected chi connectivity index (χ3v) is 4.85. The first-order valence-corrected chi connectivity index (χ1v) is 9.10. The lowest BCUT2D eigenvalue weighted by molar-refractivity contribution is 0.0260. The molecule has 128 valence electrons. The molecular formula is C18H34N2O2. The second-order valence-electron chi connectivity index (χ2n) is 7.98. The molecule has 0 aromatic rings. The predicted molar refractivity (Wildman–Crippen MR) is 90.0 cm³/mol. The van der Waals surface area contributed by atoms with Gasteiger partial charge in [0.2, 0.25) is 0 Å². The molecule has 2 aliphatic rings. The molecule has 1 N–H and O–H groups in total. The van der Waals surface area contributed by atoms with Crippen LogP contribution in [-0.2, 0) is 4.74 Å². The molecule has 0 aromatic heterocycles. The van der Waals surface area contributed by atoms with Gasteiger partial charge in [0.05, 0.1) is 0 Å². The Morgan fingerprint density at radius 2 is 1.91 bits per heavy atom. The normalized spacial score (nSPS) is 25.8. The summed E-state index contributed by atoms with van der Waals surface area (Å²) < 4.78 is 5.45. The van der Waals surface area contributed by atoms with Crippen molar-refractivity contribution in [3.05, 3.63) is 0 Å². The van der Waals surface area contributed by atoms with Crippen molar-refractivity contribution in [2.45, 2.75) is 77.9 Å². The standard InChI is InChI=1S/C18H34N2O2/c1-5-20(17(21)22-18(2,3)4)12-11-19-16-8-6-7-15(13-16)14-9-10-14/h14-16,19H,5-13H2,1-4H3. The van der Waals surface area contributed by atoms with Gasteiger partial charge in [0.1, 0.15) is 5.60 Å². The topological polar surface area (TPSA) is 41.6 Å².